The molecule has 1 nitrogen and oxygen atoms in total. The van der Waals surface area contributed by atoms with Crippen LogP contribution in [0.4, 0.5) is 0 Å². The van der Waals surface area contributed by atoms with Crippen LogP contribution in [0.2, 0.25) is 0 Å². The summed E-state index contributed by atoms with van der Waals surface area (Å²) in [5.41, 5.74) is 4.16. The Morgan fingerprint density at radius 1 is 1.12 bits per heavy atom. The number of fused-ring (bicyclic) bond motifs is 1. The van der Waals surface area contributed by atoms with E-state index in [1.54, 1.807) is 0 Å². The molecule has 1 atom stereocenters. The highest BCUT2D eigenvalue weighted by Gasteiger charge is 2.27. The van der Waals surface area contributed by atoms with Crippen molar-refractivity contribution in [3.63, 3.8) is 0 Å². The lowest BCUT2D eigenvalue weighted by Gasteiger charge is -2.13. The average molecular weight is 224 g/mol. The van der Waals surface area contributed by atoms with Crippen molar-refractivity contribution in [2.75, 3.05) is 0 Å². The van der Waals surface area contributed by atoms with E-state index in [1.807, 2.05) is 13.0 Å². The van der Waals surface area contributed by atoms with Gasteiger partial charge in [-0.2, -0.15) is 0 Å². The van der Waals surface area contributed by atoms with E-state index in [4.69, 9.17) is 4.42 Å². The van der Waals surface area contributed by atoms with Crippen LogP contribution in [0.5, 0.6) is 0 Å². The summed E-state index contributed by atoms with van der Waals surface area (Å²) in [6.45, 7) is 4.21. The van der Waals surface area contributed by atoms with Gasteiger partial charge in [0.1, 0.15) is 11.5 Å². The first-order valence-corrected chi connectivity index (χ1v) is 6.15. The van der Waals surface area contributed by atoms with E-state index in [0.29, 0.717) is 5.92 Å². The van der Waals surface area contributed by atoms with Crippen LogP contribution in [0, 0.1) is 6.92 Å². The van der Waals surface area contributed by atoms with Crippen molar-refractivity contribution in [2.45, 2.75) is 26.2 Å². The zero-order chi connectivity index (χ0) is 11.8. The Bertz CT molecular complexity index is 575. The molecule has 1 aromatic carbocycles. The second-order valence-corrected chi connectivity index (χ2v) is 4.58. The van der Waals surface area contributed by atoms with Gasteiger partial charge in [0.15, 0.2) is 0 Å². The quantitative estimate of drug-likeness (QED) is 0.730. The summed E-state index contributed by atoms with van der Waals surface area (Å²) in [4.78, 5) is 0. The summed E-state index contributed by atoms with van der Waals surface area (Å²) in [6.07, 6.45) is 3.37. The molecule has 0 saturated heterocycles. The molecule has 1 unspecified atom stereocenters. The number of hydrogen-bond donors (Lipinski definition) is 0. The fourth-order valence-electron chi connectivity index (χ4n) is 2.64. The van der Waals surface area contributed by atoms with Crippen molar-refractivity contribution < 1.29 is 4.42 Å². The predicted octanol–water partition coefficient (Wildman–Crippen LogP) is 4.53. The summed E-state index contributed by atoms with van der Waals surface area (Å²) in [5.74, 6) is 2.38. The standard InChI is InChI=1S/C16H16O/c1-3-12-10-13-6-4-5-7-14(13)16(12)15-9-8-11(2)17-15/h4-10,16H,3H2,1-2H3. The predicted molar refractivity (Wildman–Crippen MR) is 70.0 cm³/mol. The third kappa shape index (κ3) is 1.62. The monoisotopic (exact) mass is 224 g/mol. The van der Waals surface area contributed by atoms with Gasteiger partial charge >= 0.3 is 0 Å². The maximum Gasteiger partial charge on any atom is 0.115 e. The minimum Gasteiger partial charge on any atom is -0.465 e. The number of aryl methyl sites for hydroxylation is 1. The Kier molecular flexibility index (Phi) is 2.40. The van der Waals surface area contributed by atoms with Gasteiger partial charge in [-0.3, -0.25) is 0 Å². The Labute approximate surface area is 102 Å². The lowest BCUT2D eigenvalue weighted by Crippen LogP contribution is -1.99. The normalized spacial score (nSPS) is 18.0. The topological polar surface area (TPSA) is 13.1 Å². The minimum absolute atomic E-state index is 0.324. The first-order valence-electron chi connectivity index (χ1n) is 6.15. The largest absolute Gasteiger partial charge is 0.465 e. The molecule has 0 fully saturated rings. The number of furan rings is 1. The molecule has 0 radical (unpaired) electrons. The molecule has 17 heavy (non-hydrogen) atoms. The van der Waals surface area contributed by atoms with Crippen LogP contribution >= 0.6 is 0 Å². The Morgan fingerprint density at radius 2 is 1.94 bits per heavy atom. The molecule has 1 heteroatoms. The molecular formula is C16H16O. The van der Waals surface area contributed by atoms with Crippen molar-refractivity contribution in [3.8, 4) is 0 Å². The molecule has 1 aliphatic rings. The number of hydrogen-bond acceptors (Lipinski definition) is 1. The zero-order valence-corrected chi connectivity index (χ0v) is 10.2. The second-order valence-electron chi connectivity index (χ2n) is 4.58. The van der Waals surface area contributed by atoms with Gasteiger partial charge < -0.3 is 4.42 Å². The average Bonchev–Trinajstić information content (AvgIpc) is 2.91. The van der Waals surface area contributed by atoms with Crippen molar-refractivity contribution in [1.29, 1.82) is 0 Å². The van der Waals surface area contributed by atoms with Crippen molar-refractivity contribution in [2.24, 2.45) is 0 Å². The molecule has 0 N–H and O–H groups in total. The zero-order valence-electron chi connectivity index (χ0n) is 10.2. The highest BCUT2D eigenvalue weighted by Crippen LogP contribution is 2.42. The summed E-state index contributed by atoms with van der Waals surface area (Å²) >= 11 is 0. The number of rotatable bonds is 2. The van der Waals surface area contributed by atoms with E-state index in [-0.39, 0.29) is 0 Å². The smallest absolute Gasteiger partial charge is 0.115 e. The van der Waals surface area contributed by atoms with E-state index in [2.05, 4.69) is 43.3 Å². The maximum atomic E-state index is 5.82. The fraction of sp³-hybridized carbons (Fsp3) is 0.250. The van der Waals surface area contributed by atoms with Gasteiger partial charge in [0.05, 0.1) is 5.92 Å². The number of allylic oxidation sites excluding steroid dienone is 1. The van der Waals surface area contributed by atoms with Crippen LogP contribution in [-0.4, -0.2) is 0 Å². The number of benzene rings is 1. The van der Waals surface area contributed by atoms with Gasteiger partial charge in [0.2, 0.25) is 0 Å². The molecule has 1 heterocycles. The molecule has 86 valence electrons. The van der Waals surface area contributed by atoms with Crippen molar-refractivity contribution in [3.05, 3.63) is 64.6 Å². The SMILES string of the molecule is CCC1=Cc2ccccc2C1c1ccc(C)o1. The highest BCUT2D eigenvalue weighted by molar-refractivity contribution is 5.68. The molecular weight excluding hydrogens is 208 g/mol. The van der Waals surface area contributed by atoms with Gasteiger partial charge in [-0.05, 0) is 36.6 Å². The first-order chi connectivity index (χ1) is 8.29. The van der Waals surface area contributed by atoms with Crippen LogP contribution in [-0.2, 0) is 0 Å². The summed E-state index contributed by atoms with van der Waals surface area (Å²) in [7, 11) is 0. The van der Waals surface area contributed by atoms with Gasteiger partial charge in [-0.15, -0.1) is 0 Å². The van der Waals surface area contributed by atoms with Crippen LogP contribution in [0.1, 0.15) is 41.9 Å². The minimum atomic E-state index is 0.324. The molecule has 3 rings (SSSR count). The van der Waals surface area contributed by atoms with E-state index in [0.717, 1.165) is 17.9 Å². The molecule has 0 amide bonds. The van der Waals surface area contributed by atoms with Crippen molar-refractivity contribution in [1.82, 2.24) is 0 Å². The van der Waals surface area contributed by atoms with E-state index >= 15 is 0 Å². The fourth-order valence-corrected chi connectivity index (χ4v) is 2.64. The molecule has 2 aromatic rings. The third-order valence-electron chi connectivity index (χ3n) is 3.47. The third-order valence-corrected chi connectivity index (χ3v) is 3.47. The van der Waals surface area contributed by atoms with Crippen molar-refractivity contribution >= 4 is 6.08 Å². The first kappa shape index (κ1) is 10.4. The van der Waals surface area contributed by atoms with Gasteiger partial charge in [0.25, 0.3) is 0 Å². The molecule has 0 aliphatic heterocycles. The van der Waals surface area contributed by atoms with Crippen LogP contribution < -0.4 is 0 Å². The lowest BCUT2D eigenvalue weighted by molar-refractivity contribution is 0.476. The summed E-state index contributed by atoms with van der Waals surface area (Å²) in [6, 6.07) is 12.7. The van der Waals surface area contributed by atoms with E-state index < -0.39 is 0 Å². The Hall–Kier alpha value is -1.76. The second kappa shape index (κ2) is 3.92. The van der Waals surface area contributed by atoms with E-state index in [9.17, 15) is 0 Å². The van der Waals surface area contributed by atoms with Crippen LogP contribution in [0.25, 0.3) is 6.08 Å². The molecule has 0 spiro atoms. The maximum absolute atomic E-state index is 5.82. The molecule has 0 saturated carbocycles. The van der Waals surface area contributed by atoms with Crippen LogP contribution in [0.3, 0.4) is 0 Å². The van der Waals surface area contributed by atoms with Crippen LogP contribution in [0.15, 0.2) is 46.4 Å². The Morgan fingerprint density at radius 3 is 2.65 bits per heavy atom. The molecule has 1 aromatic heterocycles. The van der Waals surface area contributed by atoms with E-state index in [1.165, 1.54) is 16.7 Å². The van der Waals surface area contributed by atoms with Gasteiger partial charge in [-0.1, -0.05) is 42.8 Å². The highest BCUT2D eigenvalue weighted by atomic mass is 16.3. The lowest BCUT2D eigenvalue weighted by atomic mass is 9.92. The van der Waals surface area contributed by atoms with Gasteiger partial charge in [-0.25, -0.2) is 0 Å². The summed E-state index contributed by atoms with van der Waals surface area (Å²) in [5, 5.41) is 0. The van der Waals surface area contributed by atoms with Gasteiger partial charge in [0, 0.05) is 0 Å². The molecule has 0 bridgehead atoms. The Balaban J connectivity index is 2.12. The summed E-state index contributed by atoms with van der Waals surface area (Å²) < 4.78 is 5.82. The molecule has 1 aliphatic carbocycles.